The van der Waals surface area contributed by atoms with E-state index >= 15 is 0 Å². The highest BCUT2D eigenvalue weighted by Gasteiger charge is 2.10. The summed E-state index contributed by atoms with van der Waals surface area (Å²) >= 11 is 1.72. The standard InChI is InChI=1S/C18H20N4OS/c1-2-4-16-15(3-1)21-18(24-16)12-20-17-6-5-14(11-19-17)13-22-7-9-23-10-8-22/h1-6,11H,7-10,12-13H2,(H,19,20). The van der Waals surface area contributed by atoms with Crippen molar-refractivity contribution in [2.75, 3.05) is 31.6 Å². The number of nitrogens with one attached hydrogen (secondary N) is 1. The molecule has 0 amide bonds. The van der Waals surface area contributed by atoms with E-state index in [2.05, 4.69) is 32.3 Å². The van der Waals surface area contributed by atoms with Crippen LogP contribution in [0.15, 0.2) is 42.6 Å². The lowest BCUT2D eigenvalue weighted by Crippen LogP contribution is -2.35. The molecular weight excluding hydrogens is 320 g/mol. The minimum atomic E-state index is 0.704. The number of pyridine rings is 1. The Morgan fingerprint density at radius 1 is 1.12 bits per heavy atom. The molecule has 1 aliphatic heterocycles. The summed E-state index contributed by atoms with van der Waals surface area (Å²) < 4.78 is 6.61. The summed E-state index contributed by atoms with van der Waals surface area (Å²) in [4.78, 5) is 11.6. The van der Waals surface area contributed by atoms with Crippen LogP contribution in [-0.2, 0) is 17.8 Å². The quantitative estimate of drug-likeness (QED) is 0.773. The molecular formula is C18H20N4OS. The minimum Gasteiger partial charge on any atom is -0.379 e. The maximum atomic E-state index is 5.38. The highest BCUT2D eigenvalue weighted by molar-refractivity contribution is 7.18. The smallest absolute Gasteiger partial charge is 0.126 e. The molecule has 3 aromatic rings. The summed E-state index contributed by atoms with van der Waals surface area (Å²) in [6.45, 7) is 5.29. The van der Waals surface area contributed by atoms with Gasteiger partial charge >= 0.3 is 0 Å². The first-order chi connectivity index (χ1) is 11.9. The van der Waals surface area contributed by atoms with E-state index in [0.717, 1.165) is 49.2 Å². The third kappa shape index (κ3) is 3.72. The molecule has 24 heavy (non-hydrogen) atoms. The SMILES string of the molecule is c1ccc2sc(CNc3ccc(CN4CCOCC4)cn3)nc2c1. The first-order valence-electron chi connectivity index (χ1n) is 8.20. The molecule has 0 atom stereocenters. The predicted octanol–water partition coefficient (Wildman–Crippen LogP) is 3.14. The Kier molecular flexibility index (Phi) is 4.69. The maximum absolute atomic E-state index is 5.38. The molecule has 0 unspecified atom stereocenters. The van der Waals surface area contributed by atoms with Crippen LogP contribution >= 0.6 is 11.3 Å². The number of nitrogens with zero attached hydrogens (tertiary/aromatic N) is 3. The van der Waals surface area contributed by atoms with Crippen molar-refractivity contribution in [1.82, 2.24) is 14.9 Å². The van der Waals surface area contributed by atoms with E-state index in [1.807, 2.05) is 30.5 Å². The number of thiazole rings is 1. The van der Waals surface area contributed by atoms with Gasteiger partial charge in [-0.25, -0.2) is 9.97 Å². The van der Waals surface area contributed by atoms with Crippen molar-refractivity contribution in [3.05, 3.63) is 53.2 Å². The van der Waals surface area contributed by atoms with Gasteiger partial charge in [-0.05, 0) is 23.8 Å². The Labute approximate surface area is 145 Å². The van der Waals surface area contributed by atoms with Crippen molar-refractivity contribution in [2.45, 2.75) is 13.1 Å². The largest absolute Gasteiger partial charge is 0.379 e. The van der Waals surface area contributed by atoms with Crippen molar-refractivity contribution in [3.63, 3.8) is 0 Å². The van der Waals surface area contributed by atoms with Gasteiger partial charge in [0.1, 0.15) is 10.8 Å². The molecule has 1 fully saturated rings. The Morgan fingerprint density at radius 2 is 2.00 bits per heavy atom. The first-order valence-corrected chi connectivity index (χ1v) is 9.02. The number of hydrogen-bond donors (Lipinski definition) is 1. The second-order valence-corrected chi connectivity index (χ2v) is 6.98. The van der Waals surface area contributed by atoms with Gasteiger partial charge in [0, 0.05) is 25.8 Å². The van der Waals surface area contributed by atoms with Crippen LogP contribution in [0.2, 0.25) is 0 Å². The number of fused-ring (bicyclic) bond motifs is 1. The van der Waals surface area contributed by atoms with Gasteiger partial charge in [0.25, 0.3) is 0 Å². The maximum Gasteiger partial charge on any atom is 0.126 e. The van der Waals surface area contributed by atoms with Gasteiger partial charge in [-0.15, -0.1) is 11.3 Å². The number of ether oxygens (including phenoxy) is 1. The zero-order chi connectivity index (χ0) is 16.2. The number of hydrogen-bond acceptors (Lipinski definition) is 6. The fraction of sp³-hybridized carbons (Fsp3) is 0.333. The molecule has 1 aliphatic rings. The minimum absolute atomic E-state index is 0.704. The Morgan fingerprint density at radius 3 is 2.79 bits per heavy atom. The molecule has 1 saturated heterocycles. The van der Waals surface area contributed by atoms with Crippen LogP contribution in [0.1, 0.15) is 10.6 Å². The predicted molar refractivity (Wildman–Crippen MR) is 97.3 cm³/mol. The molecule has 3 heterocycles. The van der Waals surface area contributed by atoms with Gasteiger partial charge in [0.05, 0.1) is 30.0 Å². The fourth-order valence-corrected chi connectivity index (χ4v) is 3.71. The van der Waals surface area contributed by atoms with Gasteiger partial charge < -0.3 is 10.1 Å². The number of aromatic nitrogens is 2. The molecule has 0 saturated carbocycles. The summed E-state index contributed by atoms with van der Waals surface area (Å²) in [7, 11) is 0. The number of anilines is 1. The highest BCUT2D eigenvalue weighted by Crippen LogP contribution is 2.22. The van der Waals surface area contributed by atoms with E-state index in [0.29, 0.717) is 6.54 Å². The van der Waals surface area contributed by atoms with Crippen molar-refractivity contribution >= 4 is 27.4 Å². The number of benzene rings is 1. The van der Waals surface area contributed by atoms with Gasteiger partial charge in [-0.1, -0.05) is 18.2 Å². The van der Waals surface area contributed by atoms with Crippen molar-refractivity contribution in [2.24, 2.45) is 0 Å². The van der Waals surface area contributed by atoms with Crippen LogP contribution in [-0.4, -0.2) is 41.2 Å². The van der Waals surface area contributed by atoms with Crippen LogP contribution in [0, 0.1) is 0 Å². The van der Waals surface area contributed by atoms with Gasteiger partial charge in [-0.2, -0.15) is 0 Å². The molecule has 1 N–H and O–H groups in total. The fourth-order valence-electron chi connectivity index (χ4n) is 2.80. The summed E-state index contributed by atoms with van der Waals surface area (Å²) in [5.41, 5.74) is 2.30. The van der Waals surface area contributed by atoms with E-state index in [1.54, 1.807) is 11.3 Å². The monoisotopic (exact) mass is 340 g/mol. The van der Waals surface area contributed by atoms with Crippen LogP contribution in [0.4, 0.5) is 5.82 Å². The molecule has 0 spiro atoms. The zero-order valence-corrected chi connectivity index (χ0v) is 14.3. The Hall–Kier alpha value is -2.02. The highest BCUT2D eigenvalue weighted by atomic mass is 32.1. The lowest BCUT2D eigenvalue weighted by Gasteiger charge is -2.26. The molecule has 0 aliphatic carbocycles. The molecule has 5 nitrogen and oxygen atoms in total. The second-order valence-electron chi connectivity index (χ2n) is 5.87. The van der Waals surface area contributed by atoms with Gasteiger partial charge in [-0.3, -0.25) is 4.90 Å². The van der Waals surface area contributed by atoms with E-state index in [-0.39, 0.29) is 0 Å². The number of rotatable bonds is 5. The Balaban J connectivity index is 1.34. The molecule has 0 radical (unpaired) electrons. The lowest BCUT2D eigenvalue weighted by atomic mass is 10.2. The second kappa shape index (κ2) is 7.25. The normalized spacial score (nSPS) is 15.7. The van der Waals surface area contributed by atoms with Crippen molar-refractivity contribution in [1.29, 1.82) is 0 Å². The topological polar surface area (TPSA) is 50.3 Å². The third-order valence-corrected chi connectivity index (χ3v) is 5.13. The molecule has 6 heteroatoms. The molecule has 0 bridgehead atoms. The van der Waals surface area contributed by atoms with Crippen LogP contribution in [0.5, 0.6) is 0 Å². The summed E-state index contributed by atoms with van der Waals surface area (Å²) in [6.07, 6.45) is 1.95. The van der Waals surface area contributed by atoms with E-state index in [1.165, 1.54) is 10.3 Å². The molecule has 124 valence electrons. The van der Waals surface area contributed by atoms with E-state index in [4.69, 9.17) is 4.74 Å². The lowest BCUT2D eigenvalue weighted by molar-refractivity contribution is 0.0341. The zero-order valence-electron chi connectivity index (χ0n) is 13.4. The summed E-state index contributed by atoms with van der Waals surface area (Å²) in [6, 6.07) is 12.4. The summed E-state index contributed by atoms with van der Waals surface area (Å²) in [5.74, 6) is 0.889. The van der Waals surface area contributed by atoms with E-state index in [9.17, 15) is 0 Å². The van der Waals surface area contributed by atoms with Crippen LogP contribution in [0.25, 0.3) is 10.2 Å². The van der Waals surface area contributed by atoms with Crippen molar-refractivity contribution in [3.8, 4) is 0 Å². The average molecular weight is 340 g/mol. The van der Waals surface area contributed by atoms with E-state index < -0.39 is 0 Å². The summed E-state index contributed by atoms with van der Waals surface area (Å²) in [5, 5.41) is 4.44. The van der Waals surface area contributed by atoms with Crippen LogP contribution < -0.4 is 5.32 Å². The first kappa shape index (κ1) is 15.5. The third-order valence-electron chi connectivity index (χ3n) is 4.09. The van der Waals surface area contributed by atoms with Gasteiger partial charge in [0.15, 0.2) is 0 Å². The number of para-hydroxylation sites is 1. The average Bonchev–Trinajstić information content (AvgIpc) is 3.05. The number of morpholine rings is 1. The Bertz CT molecular complexity index is 763. The molecule has 1 aromatic carbocycles. The van der Waals surface area contributed by atoms with Crippen LogP contribution in [0.3, 0.4) is 0 Å². The molecule has 4 rings (SSSR count). The van der Waals surface area contributed by atoms with Crippen molar-refractivity contribution < 1.29 is 4.74 Å². The van der Waals surface area contributed by atoms with Gasteiger partial charge in [0.2, 0.25) is 0 Å². The molecule has 2 aromatic heterocycles.